The van der Waals surface area contributed by atoms with Crippen molar-refractivity contribution in [3.05, 3.63) is 29.3 Å². The SMILES string of the molecule is CN(C)C(=O)Sc1ccc2c(c1)CCC2. The predicted octanol–water partition coefficient (Wildman–Crippen LogP) is 2.95. The Kier molecular flexibility index (Phi) is 3.00. The van der Waals surface area contributed by atoms with Gasteiger partial charge in [-0.25, -0.2) is 0 Å². The number of aryl methyl sites for hydroxylation is 2. The summed E-state index contributed by atoms with van der Waals surface area (Å²) in [6, 6.07) is 6.37. The van der Waals surface area contributed by atoms with E-state index in [1.165, 1.54) is 42.2 Å². The van der Waals surface area contributed by atoms with Gasteiger partial charge in [-0.2, -0.15) is 0 Å². The van der Waals surface area contributed by atoms with Crippen molar-refractivity contribution in [2.75, 3.05) is 14.1 Å². The maximum atomic E-state index is 11.5. The van der Waals surface area contributed by atoms with E-state index in [0.29, 0.717) is 0 Å². The Morgan fingerprint density at radius 2 is 2.00 bits per heavy atom. The number of hydrogen-bond donors (Lipinski definition) is 0. The molecule has 0 N–H and O–H groups in total. The third-order valence-corrected chi connectivity index (χ3v) is 3.67. The van der Waals surface area contributed by atoms with Crippen LogP contribution in [0.15, 0.2) is 23.1 Å². The summed E-state index contributed by atoms with van der Waals surface area (Å²) in [5.41, 5.74) is 2.88. The minimum absolute atomic E-state index is 0.0907. The molecule has 3 heteroatoms. The van der Waals surface area contributed by atoms with Crippen LogP contribution in [0.25, 0.3) is 0 Å². The molecule has 0 saturated heterocycles. The highest BCUT2D eigenvalue weighted by atomic mass is 32.2. The lowest BCUT2D eigenvalue weighted by Crippen LogP contribution is -2.16. The van der Waals surface area contributed by atoms with Crippen molar-refractivity contribution in [1.82, 2.24) is 4.90 Å². The summed E-state index contributed by atoms with van der Waals surface area (Å²) in [6.45, 7) is 0. The average Bonchev–Trinajstić information content (AvgIpc) is 2.64. The van der Waals surface area contributed by atoms with Crippen LogP contribution in [0.3, 0.4) is 0 Å². The fourth-order valence-corrected chi connectivity index (χ4v) is 2.53. The summed E-state index contributed by atoms with van der Waals surface area (Å²) < 4.78 is 0. The molecule has 0 fully saturated rings. The highest BCUT2D eigenvalue weighted by Gasteiger charge is 2.13. The molecule has 0 saturated carbocycles. The lowest BCUT2D eigenvalue weighted by Gasteiger charge is -2.09. The molecule has 0 heterocycles. The topological polar surface area (TPSA) is 20.3 Å². The quantitative estimate of drug-likeness (QED) is 0.680. The summed E-state index contributed by atoms with van der Waals surface area (Å²) in [6.07, 6.45) is 3.62. The monoisotopic (exact) mass is 221 g/mol. The maximum Gasteiger partial charge on any atom is 0.285 e. The highest BCUT2D eigenvalue weighted by molar-refractivity contribution is 8.13. The molecule has 0 spiro atoms. The molecule has 1 amide bonds. The standard InChI is InChI=1S/C12H15NOS/c1-13(2)12(14)15-11-7-6-9-4-3-5-10(9)8-11/h6-8H,3-5H2,1-2H3. The number of fused-ring (bicyclic) bond motifs is 1. The molecule has 1 aliphatic carbocycles. The first-order chi connectivity index (χ1) is 7.16. The Labute approximate surface area is 94.7 Å². The molecule has 2 rings (SSSR count). The molecule has 15 heavy (non-hydrogen) atoms. The number of carbonyl (C=O) groups excluding carboxylic acids is 1. The Bertz CT molecular complexity index is 387. The van der Waals surface area contributed by atoms with E-state index in [9.17, 15) is 4.79 Å². The van der Waals surface area contributed by atoms with Crippen molar-refractivity contribution in [3.63, 3.8) is 0 Å². The minimum atomic E-state index is 0.0907. The maximum absolute atomic E-state index is 11.5. The fraction of sp³-hybridized carbons (Fsp3) is 0.417. The van der Waals surface area contributed by atoms with Crippen molar-refractivity contribution in [3.8, 4) is 0 Å². The van der Waals surface area contributed by atoms with Crippen molar-refractivity contribution in [2.24, 2.45) is 0 Å². The number of benzene rings is 1. The second-order valence-electron chi connectivity index (χ2n) is 4.05. The number of thioether (sulfide) groups is 1. The van der Waals surface area contributed by atoms with Crippen LogP contribution < -0.4 is 0 Å². The van der Waals surface area contributed by atoms with Crippen LogP contribution in [-0.4, -0.2) is 24.2 Å². The minimum Gasteiger partial charge on any atom is -0.339 e. The van der Waals surface area contributed by atoms with Gasteiger partial charge in [0, 0.05) is 19.0 Å². The van der Waals surface area contributed by atoms with E-state index < -0.39 is 0 Å². The predicted molar refractivity (Wildman–Crippen MR) is 63.4 cm³/mol. The first-order valence-corrected chi connectivity index (χ1v) is 5.99. The third kappa shape index (κ3) is 2.34. The molecule has 1 aliphatic rings. The Balaban J connectivity index is 2.13. The summed E-state index contributed by atoms with van der Waals surface area (Å²) in [5, 5.41) is 0.0907. The molecular formula is C12H15NOS. The van der Waals surface area contributed by atoms with Crippen molar-refractivity contribution < 1.29 is 4.79 Å². The number of amides is 1. The van der Waals surface area contributed by atoms with Gasteiger partial charge in [-0.05, 0) is 54.3 Å². The fourth-order valence-electron chi connectivity index (χ4n) is 1.80. The van der Waals surface area contributed by atoms with Gasteiger partial charge in [0.05, 0.1) is 0 Å². The zero-order valence-corrected chi connectivity index (χ0v) is 9.93. The summed E-state index contributed by atoms with van der Waals surface area (Å²) in [4.78, 5) is 14.2. The van der Waals surface area contributed by atoms with Crippen molar-refractivity contribution in [2.45, 2.75) is 24.2 Å². The lowest BCUT2D eigenvalue weighted by molar-refractivity contribution is 0.241. The Morgan fingerprint density at radius 1 is 1.27 bits per heavy atom. The van der Waals surface area contributed by atoms with Gasteiger partial charge >= 0.3 is 0 Å². The van der Waals surface area contributed by atoms with Crippen LogP contribution in [0.4, 0.5) is 4.79 Å². The average molecular weight is 221 g/mol. The van der Waals surface area contributed by atoms with E-state index in [-0.39, 0.29) is 5.24 Å². The zero-order valence-electron chi connectivity index (χ0n) is 9.12. The second-order valence-corrected chi connectivity index (χ2v) is 5.07. The summed E-state index contributed by atoms with van der Waals surface area (Å²) in [5.74, 6) is 0. The van der Waals surface area contributed by atoms with Gasteiger partial charge in [-0.15, -0.1) is 0 Å². The van der Waals surface area contributed by atoms with Gasteiger partial charge in [0.15, 0.2) is 0 Å². The van der Waals surface area contributed by atoms with Crippen molar-refractivity contribution in [1.29, 1.82) is 0 Å². The van der Waals surface area contributed by atoms with Gasteiger partial charge in [0.25, 0.3) is 5.24 Å². The number of rotatable bonds is 1. The first kappa shape index (κ1) is 10.6. The van der Waals surface area contributed by atoms with Crippen LogP contribution in [0.1, 0.15) is 17.5 Å². The first-order valence-electron chi connectivity index (χ1n) is 5.18. The van der Waals surface area contributed by atoms with E-state index in [2.05, 4.69) is 18.2 Å². The normalized spacial score (nSPS) is 13.7. The Hall–Kier alpha value is -0.960. The zero-order chi connectivity index (χ0) is 10.8. The molecule has 0 aliphatic heterocycles. The van der Waals surface area contributed by atoms with Crippen LogP contribution >= 0.6 is 11.8 Å². The molecule has 0 bridgehead atoms. The largest absolute Gasteiger partial charge is 0.339 e. The summed E-state index contributed by atoms with van der Waals surface area (Å²) in [7, 11) is 3.56. The van der Waals surface area contributed by atoms with Crippen LogP contribution in [0, 0.1) is 0 Å². The summed E-state index contributed by atoms with van der Waals surface area (Å²) >= 11 is 1.30. The molecule has 80 valence electrons. The van der Waals surface area contributed by atoms with Gasteiger partial charge < -0.3 is 4.90 Å². The number of nitrogens with zero attached hydrogens (tertiary/aromatic N) is 1. The Morgan fingerprint density at radius 3 is 2.73 bits per heavy atom. The smallest absolute Gasteiger partial charge is 0.285 e. The number of hydrogen-bond acceptors (Lipinski definition) is 2. The van der Waals surface area contributed by atoms with Crippen LogP contribution in [0.2, 0.25) is 0 Å². The van der Waals surface area contributed by atoms with Crippen LogP contribution in [0.5, 0.6) is 0 Å². The molecule has 0 radical (unpaired) electrons. The molecule has 1 aromatic rings. The van der Waals surface area contributed by atoms with Gasteiger partial charge in [0.1, 0.15) is 0 Å². The molecule has 0 unspecified atom stereocenters. The second kappa shape index (κ2) is 4.27. The van der Waals surface area contributed by atoms with E-state index in [4.69, 9.17) is 0 Å². The van der Waals surface area contributed by atoms with Crippen molar-refractivity contribution >= 4 is 17.0 Å². The molecule has 2 nitrogen and oxygen atoms in total. The van der Waals surface area contributed by atoms with E-state index >= 15 is 0 Å². The van der Waals surface area contributed by atoms with Gasteiger partial charge in [-0.3, -0.25) is 4.79 Å². The van der Waals surface area contributed by atoms with Gasteiger partial charge in [-0.1, -0.05) is 6.07 Å². The highest BCUT2D eigenvalue weighted by Crippen LogP contribution is 2.28. The van der Waals surface area contributed by atoms with E-state index in [1.54, 1.807) is 19.0 Å². The molecule has 0 aromatic heterocycles. The third-order valence-electron chi connectivity index (χ3n) is 2.64. The van der Waals surface area contributed by atoms with Crippen LogP contribution in [-0.2, 0) is 12.8 Å². The van der Waals surface area contributed by atoms with E-state index in [1.807, 2.05) is 0 Å². The lowest BCUT2D eigenvalue weighted by atomic mass is 10.1. The molecule has 1 aromatic carbocycles. The molecule has 0 atom stereocenters. The molecular weight excluding hydrogens is 206 g/mol. The van der Waals surface area contributed by atoms with Gasteiger partial charge in [0.2, 0.25) is 0 Å². The van der Waals surface area contributed by atoms with E-state index in [0.717, 1.165) is 4.90 Å². The number of carbonyl (C=O) groups is 1.